The Balaban J connectivity index is 1.91. The molecule has 0 bridgehead atoms. The molecule has 0 atom stereocenters. The van der Waals surface area contributed by atoms with E-state index in [2.05, 4.69) is 37.4 Å². The molecule has 1 saturated carbocycles. The topological polar surface area (TPSA) is 61.8 Å². The number of amidine groups is 1. The third-order valence-corrected chi connectivity index (χ3v) is 4.80. The molecule has 0 radical (unpaired) electrons. The zero-order valence-electron chi connectivity index (χ0n) is 9.47. The van der Waals surface area contributed by atoms with Crippen LogP contribution in [-0.4, -0.2) is 28.5 Å². The minimum absolute atomic E-state index is 0.306. The van der Waals surface area contributed by atoms with Crippen molar-refractivity contribution in [2.75, 3.05) is 6.54 Å². The summed E-state index contributed by atoms with van der Waals surface area (Å²) in [6.07, 6.45) is 3.15. The predicted molar refractivity (Wildman–Crippen MR) is 73.5 cm³/mol. The van der Waals surface area contributed by atoms with Gasteiger partial charge in [0, 0.05) is 34.9 Å². The van der Waals surface area contributed by atoms with Gasteiger partial charge in [-0.05, 0) is 40.2 Å². The van der Waals surface area contributed by atoms with Gasteiger partial charge >= 0.3 is 0 Å². The number of hydrogen-bond donors (Lipinski definition) is 2. The van der Waals surface area contributed by atoms with Crippen molar-refractivity contribution >= 4 is 33.1 Å². The first-order valence-electron chi connectivity index (χ1n) is 5.63. The summed E-state index contributed by atoms with van der Waals surface area (Å²) in [5, 5.41) is 13.6. The molecule has 1 aliphatic carbocycles. The van der Waals surface area contributed by atoms with Crippen LogP contribution in [0.2, 0.25) is 0 Å². The summed E-state index contributed by atoms with van der Waals surface area (Å²) < 4.78 is 1.18. The highest BCUT2D eigenvalue weighted by Crippen LogP contribution is 2.31. The second-order valence-corrected chi connectivity index (χ2v) is 6.09. The Labute approximate surface area is 113 Å². The second kappa shape index (κ2) is 5.84. The summed E-state index contributed by atoms with van der Waals surface area (Å²) in [7, 11) is 0. The molecule has 0 spiro atoms. The Morgan fingerprint density at radius 2 is 2.41 bits per heavy atom. The van der Waals surface area contributed by atoms with E-state index in [4.69, 9.17) is 10.9 Å². The summed E-state index contributed by atoms with van der Waals surface area (Å²) in [5.74, 6) is 0.306. The zero-order chi connectivity index (χ0) is 12.3. The maximum absolute atomic E-state index is 8.54. The Kier molecular flexibility index (Phi) is 4.42. The summed E-state index contributed by atoms with van der Waals surface area (Å²) in [6, 6.07) is 2.75. The van der Waals surface area contributed by atoms with Crippen LogP contribution in [-0.2, 0) is 6.54 Å². The largest absolute Gasteiger partial charge is 0.409 e. The van der Waals surface area contributed by atoms with Crippen LogP contribution in [0.25, 0.3) is 0 Å². The maximum atomic E-state index is 8.54. The highest BCUT2D eigenvalue weighted by Gasteiger charge is 2.29. The van der Waals surface area contributed by atoms with Gasteiger partial charge in [0.25, 0.3) is 0 Å². The molecule has 0 saturated heterocycles. The summed E-state index contributed by atoms with van der Waals surface area (Å²) in [6.45, 7) is 1.80. The molecule has 1 fully saturated rings. The first kappa shape index (κ1) is 12.9. The van der Waals surface area contributed by atoms with Crippen molar-refractivity contribution in [3.63, 3.8) is 0 Å². The van der Waals surface area contributed by atoms with Gasteiger partial charge in [0.2, 0.25) is 0 Å². The van der Waals surface area contributed by atoms with Crippen molar-refractivity contribution in [3.8, 4) is 0 Å². The molecule has 6 heteroatoms. The number of rotatable bonds is 6. The van der Waals surface area contributed by atoms with Gasteiger partial charge in [-0.15, -0.1) is 11.3 Å². The van der Waals surface area contributed by atoms with E-state index in [-0.39, 0.29) is 0 Å². The van der Waals surface area contributed by atoms with Crippen molar-refractivity contribution in [3.05, 3.63) is 20.8 Å². The zero-order valence-corrected chi connectivity index (χ0v) is 11.9. The van der Waals surface area contributed by atoms with E-state index in [9.17, 15) is 0 Å². The van der Waals surface area contributed by atoms with Crippen molar-refractivity contribution in [2.45, 2.75) is 31.8 Å². The highest BCUT2D eigenvalue weighted by molar-refractivity contribution is 9.10. The smallest absolute Gasteiger partial charge is 0.140 e. The molecule has 1 heterocycles. The van der Waals surface area contributed by atoms with Gasteiger partial charge in [-0.1, -0.05) is 5.16 Å². The SMILES string of the molecule is N/C(CCN(Cc1sccc1Br)C1CC1)=N\O. The average molecular weight is 318 g/mol. The van der Waals surface area contributed by atoms with Gasteiger partial charge in [0.15, 0.2) is 0 Å². The average Bonchev–Trinajstić information content (AvgIpc) is 3.09. The van der Waals surface area contributed by atoms with E-state index >= 15 is 0 Å². The van der Waals surface area contributed by atoms with Crippen LogP contribution in [0.3, 0.4) is 0 Å². The quantitative estimate of drug-likeness (QED) is 0.367. The van der Waals surface area contributed by atoms with E-state index in [1.807, 2.05) is 0 Å². The van der Waals surface area contributed by atoms with Crippen molar-refractivity contribution in [2.24, 2.45) is 10.9 Å². The number of halogens is 1. The summed E-state index contributed by atoms with van der Waals surface area (Å²) in [4.78, 5) is 3.76. The first-order valence-corrected chi connectivity index (χ1v) is 7.30. The number of nitrogens with two attached hydrogens (primary N) is 1. The van der Waals surface area contributed by atoms with Gasteiger partial charge in [-0.2, -0.15) is 0 Å². The maximum Gasteiger partial charge on any atom is 0.140 e. The number of nitrogens with zero attached hydrogens (tertiary/aromatic N) is 2. The van der Waals surface area contributed by atoms with Crippen LogP contribution in [0.15, 0.2) is 21.1 Å². The lowest BCUT2D eigenvalue weighted by Crippen LogP contribution is -2.29. The minimum atomic E-state index is 0.306. The Hall–Kier alpha value is -0.590. The Morgan fingerprint density at radius 3 is 2.94 bits per heavy atom. The third kappa shape index (κ3) is 3.69. The highest BCUT2D eigenvalue weighted by atomic mass is 79.9. The molecule has 0 aliphatic heterocycles. The molecular formula is C11H16BrN3OS. The van der Waals surface area contributed by atoms with Gasteiger partial charge < -0.3 is 10.9 Å². The Morgan fingerprint density at radius 1 is 1.65 bits per heavy atom. The first-order chi connectivity index (χ1) is 8.20. The fourth-order valence-electron chi connectivity index (χ4n) is 1.76. The minimum Gasteiger partial charge on any atom is -0.409 e. The molecule has 94 valence electrons. The van der Waals surface area contributed by atoms with E-state index in [1.165, 1.54) is 22.2 Å². The normalized spacial score (nSPS) is 16.7. The van der Waals surface area contributed by atoms with Gasteiger partial charge in [0.05, 0.1) is 0 Å². The van der Waals surface area contributed by atoms with E-state index in [0.29, 0.717) is 18.3 Å². The van der Waals surface area contributed by atoms with Crippen molar-refractivity contribution in [1.29, 1.82) is 0 Å². The van der Waals surface area contributed by atoms with Crippen LogP contribution < -0.4 is 5.73 Å². The fourth-order valence-corrected chi connectivity index (χ4v) is 3.26. The van der Waals surface area contributed by atoms with E-state index in [1.54, 1.807) is 11.3 Å². The van der Waals surface area contributed by atoms with E-state index in [0.717, 1.165) is 13.1 Å². The van der Waals surface area contributed by atoms with Gasteiger partial charge in [-0.25, -0.2) is 0 Å². The van der Waals surface area contributed by atoms with Crippen LogP contribution in [0.1, 0.15) is 24.1 Å². The lowest BCUT2D eigenvalue weighted by atomic mass is 10.3. The lowest BCUT2D eigenvalue weighted by Gasteiger charge is -2.21. The summed E-state index contributed by atoms with van der Waals surface area (Å²) >= 11 is 5.32. The molecule has 0 unspecified atom stereocenters. The monoisotopic (exact) mass is 317 g/mol. The standard InChI is InChI=1S/C11H16BrN3OS/c12-9-4-6-17-10(9)7-15(8-1-2-8)5-3-11(13)14-16/h4,6,8,16H,1-3,5,7H2,(H2,13,14). The Bertz CT molecular complexity index is 403. The van der Waals surface area contributed by atoms with Crippen LogP contribution >= 0.6 is 27.3 Å². The molecule has 0 amide bonds. The lowest BCUT2D eigenvalue weighted by molar-refractivity contribution is 0.261. The molecule has 1 aliphatic rings. The van der Waals surface area contributed by atoms with Gasteiger partial charge in [0.1, 0.15) is 5.84 Å². The molecule has 17 heavy (non-hydrogen) atoms. The number of hydrogen-bond acceptors (Lipinski definition) is 4. The van der Waals surface area contributed by atoms with Gasteiger partial charge in [-0.3, -0.25) is 4.90 Å². The number of oxime groups is 1. The van der Waals surface area contributed by atoms with Crippen LogP contribution in [0, 0.1) is 0 Å². The molecule has 1 aromatic heterocycles. The fraction of sp³-hybridized carbons (Fsp3) is 0.545. The van der Waals surface area contributed by atoms with Crippen molar-refractivity contribution < 1.29 is 5.21 Å². The summed E-state index contributed by atoms with van der Waals surface area (Å²) in [5.41, 5.74) is 5.51. The molecule has 4 nitrogen and oxygen atoms in total. The molecular weight excluding hydrogens is 302 g/mol. The van der Waals surface area contributed by atoms with Crippen LogP contribution in [0.5, 0.6) is 0 Å². The van der Waals surface area contributed by atoms with Crippen LogP contribution in [0.4, 0.5) is 0 Å². The molecule has 1 aromatic rings. The molecule has 3 N–H and O–H groups in total. The third-order valence-electron chi connectivity index (χ3n) is 2.88. The predicted octanol–water partition coefficient (Wildman–Crippen LogP) is 2.61. The number of thiophene rings is 1. The second-order valence-electron chi connectivity index (χ2n) is 4.23. The van der Waals surface area contributed by atoms with E-state index < -0.39 is 0 Å². The molecule has 0 aromatic carbocycles. The molecule has 2 rings (SSSR count). The van der Waals surface area contributed by atoms with Crippen molar-refractivity contribution in [1.82, 2.24) is 4.90 Å².